The Balaban J connectivity index is 1.60. The van der Waals surface area contributed by atoms with Gasteiger partial charge in [0.2, 0.25) is 0 Å². The second-order valence-electron chi connectivity index (χ2n) is 6.64. The number of anilines is 4. The Morgan fingerprint density at radius 1 is 0.800 bits per heavy atom. The molecule has 0 unspecified atom stereocenters. The number of rotatable bonds is 5. The van der Waals surface area contributed by atoms with Gasteiger partial charge in [0, 0.05) is 22.4 Å². The third-order valence-electron chi connectivity index (χ3n) is 4.51. The summed E-state index contributed by atoms with van der Waals surface area (Å²) >= 11 is 0. The summed E-state index contributed by atoms with van der Waals surface area (Å²) in [4.78, 5) is 8.45. The Hall–Kier alpha value is -3.65. The molecule has 0 aliphatic heterocycles. The van der Waals surface area contributed by atoms with Crippen LogP contribution in [-0.2, 0) is 12.8 Å². The molecule has 1 aromatic heterocycles. The molecule has 0 saturated carbocycles. The van der Waals surface area contributed by atoms with Crippen molar-refractivity contribution < 1.29 is 18.3 Å². The van der Waals surface area contributed by atoms with Gasteiger partial charge < -0.3 is 15.7 Å². The van der Waals surface area contributed by atoms with E-state index in [1.54, 1.807) is 12.1 Å². The predicted octanol–water partition coefficient (Wildman–Crippen LogP) is 5.63. The molecule has 0 aliphatic carbocycles. The molecule has 3 aromatic carbocycles. The first-order valence-electron chi connectivity index (χ1n) is 9.08. The van der Waals surface area contributed by atoms with Crippen molar-refractivity contribution in [3.8, 4) is 0 Å². The van der Waals surface area contributed by atoms with Gasteiger partial charge in [0.05, 0.1) is 17.7 Å². The third-order valence-corrected chi connectivity index (χ3v) is 4.51. The minimum absolute atomic E-state index is 0.0190. The van der Waals surface area contributed by atoms with Gasteiger partial charge in [0.15, 0.2) is 0 Å². The topological polar surface area (TPSA) is 70.1 Å². The van der Waals surface area contributed by atoms with Crippen molar-refractivity contribution in [2.45, 2.75) is 12.8 Å². The minimum Gasteiger partial charge on any atom is -0.392 e. The first-order chi connectivity index (χ1) is 14.4. The lowest BCUT2D eigenvalue weighted by Gasteiger charge is -2.12. The van der Waals surface area contributed by atoms with E-state index in [1.807, 2.05) is 36.4 Å². The van der Waals surface area contributed by atoms with E-state index in [-0.39, 0.29) is 12.3 Å². The molecule has 0 radical (unpaired) electrons. The summed E-state index contributed by atoms with van der Waals surface area (Å²) in [6.45, 7) is -0.0190. The molecule has 152 valence electrons. The fourth-order valence-corrected chi connectivity index (χ4v) is 3.00. The van der Waals surface area contributed by atoms with Gasteiger partial charge in [-0.1, -0.05) is 18.2 Å². The van der Waals surface area contributed by atoms with Gasteiger partial charge in [-0.25, -0.2) is 9.97 Å². The first-order valence-corrected chi connectivity index (χ1v) is 9.08. The lowest BCUT2D eigenvalue weighted by molar-refractivity contribution is -0.137. The van der Waals surface area contributed by atoms with Crippen LogP contribution in [0.1, 0.15) is 11.1 Å². The molecule has 1 heterocycles. The van der Waals surface area contributed by atoms with E-state index in [4.69, 9.17) is 5.11 Å². The SMILES string of the molecule is OCc1ccc(Nc2ccc3c(Nc4cccc(C(F)(F)F)c4)ncnc3c2)cc1. The van der Waals surface area contributed by atoms with Crippen LogP contribution in [0.2, 0.25) is 0 Å². The lowest BCUT2D eigenvalue weighted by Crippen LogP contribution is -2.05. The normalized spacial score (nSPS) is 11.5. The molecule has 3 N–H and O–H groups in total. The van der Waals surface area contributed by atoms with E-state index in [2.05, 4.69) is 20.6 Å². The number of benzene rings is 3. The summed E-state index contributed by atoms with van der Waals surface area (Å²) in [6, 6.07) is 17.8. The van der Waals surface area contributed by atoms with Crippen molar-refractivity contribution in [3.63, 3.8) is 0 Å². The van der Waals surface area contributed by atoms with E-state index in [1.165, 1.54) is 12.4 Å². The second kappa shape index (κ2) is 8.00. The van der Waals surface area contributed by atoms with Crippen molar-refractivity contribution in [3.05, 3.63) is 84.2 Å². The van der Waals surface area contributed by atoms with Crippen LogP contribution in [-0.4, -0.2) is 15.1 Å². The summed E-state index contributed by atoms with van der Waals surface area (Å²) in [7, 11) is 0. The molecule has 4 aromatic rings. The van der Waals surface area contributed by atoms with Gasteiger partial charge in [-0.3, -0.25) is 0 Å². The highest BCUT2D eigenvalue weighted by Gasteiger charge is 2.30. The Kier molecular flexibility index (Phi) is 5.24. The zero-order valence-corrected chi connectivity index (χ0v) is 15.6. The fourth-order valence-electron chi connectivity index (χ4n) is 3.00. The minimum atomic E-state index is -4.42. The largest absolute Gasteiger partial charge is 0.416 e. The molecule has 0 spiro atoms. The van der Waals surface area contributed by atoms with E-state index >= 15 is 0 Å². The number of aliphatic hydroxyl groups is 1. The van der Waals surface area contributed by atoms with Gasteiger partial charge in [-0.15, -0.1) is 0 Å². The molecule has 0 fully saturated rings. The molecular weight excluding hydrogens is 393 g/mol. The summed E-state index contributed by atoms with van der Waals surface area (Å²) < 4.78 is 38.9. The van der Waals surface area contributed by atoms with Crippen molar-refractivity contribution in [2.75, 3.05) is 10.6 Å². The Morgan fingerprint density at radius 3 is 2.27 bits per heavy atom. The van der Waals surface area contributed by atoms with Gasteiger partial charge in [-0.2, -0.15) is 13.2 Å². The van der Waals surface area contributed by atoms with Crippen molar-refractivity contribution in [2.24, 2.45) is 0 Å². The maximum absolute atomic E-state index is 13.0. The maximum atomic E-state index is 13.0. The van der Waals surface area contributed by atoms with Gasteiger partial charge in [-0.05, 0) is 54.1 Å². The second-order valence-corrected chi connectivity index (χ2v) is 6.64. The van der Waals surface area contributed by atoms with Crippen LogP contribution in [0.3, 0.4) is 0 Å². The van der Waals surface area contributed by atoms with Gasteiger partial charge in [0.1, 0.15) is 12.1 Å². The lowest BCUT2D eigenvalue weighted by atomic mass is 10.1. The highest BCUT2D eigenvalue weighted by molar-refractivity contribution is 5.92. The summed E-state index contributed by atoms with van der Waals surface area (Å²) in [5, 5.41) is 16.0. The summed E-state index contributed by atoms with van der Waals surface area (Å²) in [5.74, 6) is 0.415. The quantitative estimate of drug-likeness (QED) is 0.398. The monoisotopic (exact) mass is 410 g/mol. The Bertz CT molecular complexity index is 1180. The molecule has 5 nitrogen and oxygen atoms in total. The molecule has 0 atom stereocenters. The molecule has 0 aliphatic rings. The number of halogens is 3. The Morgan fingerprint density at radius 2 is 1.53 bits per heavy atom. The molecule has 8 heteroatoms. The van der Waals surface area contributed by atoms with E-state index in [0.717, 1.165) is 29.1 Å². The molecule has 4 rings (SSSR count). The predicted molar refractivity (Wildman–Crippen MR) is 110 cm³/mol. The van der Waals surface area contributed by atoms with Crippen LogP contribution < -0.4 is 10.6 Å². The summed E-state index contributed by atoms with van der Waals surface area (Å²) in [6.07, 6.45) is -3.06. The standard InChI is InChI=1S/C22H17F3N4O/c23-22(24,25)15-2-1-3-17(10-15)29-21-19-9-8-18(11-20(19)26-13-27-21)28-16-6-4-14(12-30)5-7-16/h1-11,13,28,30H,12H2,(H,26,27,29). The molecule has 0 saturated heterocycles. The van der Waals surface area contributed by atoms with Crippen LogP contribution in [0.5, 0.6) is 0 Å². The zero-order valence-electron chi connectivity index (χ0n) is 15.6. The number of nitrogens with one attached hydrogen (secondary N) is 2. The molecular formula is C22H17F3N4O. The van der Waals surface area contributed by atoms with E-state index < -0.39 is 11.7 Å². The average Bonchev–Trinajstić information content (AvgIpc) is 2.74. The van der Waals surface area contributed by atoms with Gasteiger partial charge >= 0.3 is 6.18 Å². The highest BCUT2D eigenvalue weighted by Crippen LogP contribution is 2.32. The number of aromatic nitrogens is 2. The number of fused-ring (bicyclic) bond motifs is 1. The van der Waals surface area contributed by atoms with Crippen molar-refractivity contribution >= 4 is 33.8 Å². The maximum Gasteiger partial charge on any atom is 0.416 e. The fraction of sp³-hybridized carbons (Fsp3) is 0.0909. The first kappa shape index (κ1) is 19.7. The third kappa shape index (κ3) is 4.33. The highest BCUT2D eigenvalue weighted by atomic mass is 19.4. The summed E-state index contributed by atoms with van der Waals surface area (Å²) in [5.41, 5.74) is 2.65. The van der Waals surface area contributed by atoms with Gasteiger partial charge in [0.25, 0.3) is 0 Å². The Labute approximate surface area is 170 Å². The molecule has 0 bridgehead atoms. The number of alkyl halides is 3. The number of hydrogen-bond donors (Lipinski definition) is 3. The zero-order chi connectivity index (χ0) is 21.1. The number of nitrogens with zero attached hydrogens (tertiary/aromatic N) is 2. The number of aliphatic hydroxyl groups excluding tert-OH is 1. The number of hydrogen-bond acceptors (Lipinski definition) is 5. The van der Waals surface area contributed by atoms with Crippen LogP contribution >= 0.6 is 0 Å². The smallest absolute Gasteiger partial charge is 0.392 e. The van der Waals surface area contributed by atoms with Crippen molar-refractivity contribution in [1.82, 2.24) is 9.97 Å². The van der Waals surface area contributed by atoms with Crippen LogP contribution in [0.4, 0.5) is 36.1 Å². The van der Waals surface area contributed by atoms with Crippen LogP contribution in [0.15, 0.2) is 73.1 Å². The molecule has 30 heavy (non-hydrogen) atoms. The molecule has 0 amide bonds. The van der Waals surface area contributed by atoms with Crippen LogP contribution in [0, 0.1) is 0 Å². The van der Waals surface area contributed by atoms with E-state index in [9.17, 15) is 13.2 Å². The average molecular weight is 410 g/mol. The van der Waals surface area contributed by atoms with Crippen LogP contribution in [0.25, 0.3) is 10.9 Å². The van der Waals surface area contributed by atoms with Crippen molar-refractivity contribution in [1.29, 1.82) is 0 Å². The van der Waals surface area contributed by atoms with E-state index in [0.29, 0.717) is 16.7 Å².